The molecule has 4 heterocycles. The zero-order chi connectivity index (χ0) is 42.8. The van der Waals surface area contributed by atoms with Gasteiger partial charge >= 0.3 is 339 Å². The largest absolute Gasteiger partial charge is 0.197 e. The minimum Gasteiger partial charge on any atom is -0.197 e. The van der Waals surface area contributed by atoms with Gasteiger partial charge in [0.05, 0.1) is 0 Å². The maximum absolute atomic E-state index is 13.3. The van der Waals surface area contributed by atoms with Crippen LogP contribution in [0.25, 0.3) is 0 Å². The van der Waals surface area contributed by atoms with E-state index in [1.165, 1.54) is 24.5 Å². The molecule has 2 unspecified atom stereocenters. The van der Waals surface area contributed by atoms with Crippen LogP contribution in [0, 0.1) is 10.6 Å². The summed E-state index contributed by atoms with van der Waals surface area (Å²) in [6.45, 7) is 8.21. The van der Waals surface area contributed by atoms with Crippen molar-refractivity contribution in [2.24, 2.45) is 0 Å². The Hall–Kier alpha value is -3.23. The Balaban J connectivity index is 0.000000310. The molecule has 2 saturated carbocycles. The normalized spacial score (nSPS) is 23.2. The van der Waals surface area contributed by atoms with E-state index in [2.05, 4.69) is 0 Å². The molecule has 0 radical (unpaired) electrons. The van der Waals surface area contributed by atoms with Crippen molar-refractivity contribution < 1.29 is 46.1 Å². The number of aromatic nitrogens is 2. The van der Waals surface area contributed by atoms with E-state index in [1.807, 2.05) is 10.0 Å². The van der Waals surface area contributed by atoms with Crippen LogP contribution < -0.4 is 30.2 Å². The van der Waals surface area contributed by atoms with Gasteiger partial charge in [-0.25, -0.2) is 0 Å². The predicted molar refractivity (Wildman–Crippen MR) is 235 cm³/mol. The average molecular weight is 917 g/mol. The number of carbonyl (C=O) groups excluding carboxylic acids is 2. The monoisotopic (exact) mass is 916 g/mol. The molecule has 0 aromatic carbocycles. The van der Waals surface area contributed by atoms with Crippen molar-refractivity contribution in [3.8, 4) is 11.5 Å². The summed E-state index contributed by atoms with van der Waals surface area (Å²) in [5, 5.41) is 18.0. The first-order valence-electron chi connectivity index (χ1n) is 19.2. The molecule has 0 saturated heterocycles. The van der Waals surface area contributed by atoms with Gasteiger partial charge in [-0.05, 0) is 0 Å². The molecule has 2 N–H and O–H groups in total. The fraction of sp³-hybridized carbons (Fsp3) is 0.647. The third-order valence-corrected chi connectivity index (χ3v) is 16.7. The predicted octanol–water partition coefficient (Wildman–Crippen LogP) is 3.78. The minimum absolute atomic E-state index is 0. The van der Waals surface area contributed by atoms with Crippen LogP contribution in [0.5, 0.6) is 11.5 Å². The maximum atomic E-state index is 13.3. The van der Waals surface area contributed by atoms with E-state index >= 15 is 0 Å². The first-order chi connectivity index (χ1) is 27.5. The number of hydrogen-bond donors (Lipinski definition) is 2. The van der Waals surface area contributed by atoms with Crippen molar-refractivity contribution in [2.75, 3.05) is 64.6 Å². The fourth-order valence-corrected chi connectivity index (χ4v) is 13.1. The van der Waals surface area contributed by atoms with Gasteiger partial charge in [-0.3, -0.25) is 0 Å². The van der Waals surface area contributed by atoms with Gasteiger partial charge in [-0.1, -0.05) is 0 Å². The summed E-state index contributed by atoms with van der Waals surface area (Å²) in [5.74, 6) is -1.18. The number of nitrogens with zero attached hydrogens (tertiary/aromatic N) is 6. The van der Waals surface area contributed by atoms with Crippen LogP contribution in [0.15, 0.2) is 34.1 Å². The van der Waals surface area contributed by atoms with E-state index in [9.17, 15) is 28.3 Å². The van der Waals surface area contributed by atoms with Crippen LogP contribution in [0.2, 0.25) is 0 Å². The molecule has 2 aromatic heterocycles. The van der Waals surface area contributed by atoms with Gasteiger partial charge in [-0.15, -0.1) is 0 Å². The summed E-state index contributed by atoms with van der Waals surface area (Å²) < 4.78 is 62.0. The standard InChI is InChI=1S/2C17H26BN4O6P.2H2S/c2*1-5-26-29(25,27-6-2)12-7-9-17(11-12)20(3)16(24)14-15(28-18-19)13(23)8-10-22(14)21(17)4;;/h2*8,10,12,19H,5-7,9,11H2,1-4H3;2*1H2/t2*12-,17?;;/m00../s1. The molecular formula is C34H56B2N8O12P2S2. The Labute approximate surface area is 364 Å². The summed E-state index contributed by atoms with van der Waals surface area (Å²) >= 11 is 0. The smallest absolute Gasteiger partial charge is 0.197 e. The Bertz CT molecular complexity index is 1990. The molecule has 6 rings (SSSR count). The van der Waals surface area contributed by atoms with Gasteiger partial charge in [-0.2, -0.15) is 27.0 Å². The summed E-state index contributed by atoms with van der Waals surface area (Å²) in [7, 11) is 1.53. The number of fused-ring (bicyclic) bond motifs is 2. The van der Waals surface area contributed by atoms with Crippen molar-refractivity contribution in [1.82, 2.24) is 19.2 Å². The van der Waals surface area contributed by atoms with E-state index < -0.39 is 49.2 Å². The molecule has 2 spiro atoms. The molecule has 26 heteroatoms. The second-order valence-electron chi connectivity index (χ2n) is 14.2. The summed E-state index contributed by atoms with van der Waals surface area (Å²) in [5.41, 5.74) is -3.06. The zero-order valence-electron chi connectivity index (χ0n) is 35.2. The van der Waals surface area contributed by atoms with E-state index in [1.54, 1.807) is 75.0 Å². The molecular weight excluding hydrogens is 860 g/mol. The molecule has 2 amide bonds. The Morgan fingerprint density at radius 3 is 1.23 bits per heavy atom. The second kappa shape index (κ2) is 20.3. The Kier molecular flexibility index (Phi) is 17.3. The molecule has 332 valence electrons. The average Bonchev–Trinajstić information content (AvgIpc) is 3.86. The van der Waals surface area contributed by atoms with Crippen LogP contribution in [-0.2, 0) is 27.2 Å². The Morgan fingerprint density at radius 1 is 0.633 bits per heavy atom. The minimum atomic E-state index is -3.32. The molecule has 60 heavy (non-hydrogen) atoms. The maximum Gasteiger partial charge on any atom is -0.197 e. The second-order valence-corrected chi connectivity index (χ2v) is 18.8. The SMILES string of the molecule is CCOP(=O)(OCC)[C@H]1CCC2(C1)N(C)C(=O)c1c(OB=N)c(=O)ccn1N2C.CCOP(=O)(OCC)[C@H]1CCC2(C1)N(C)C(=O)c1c(OB=N)c(=O)ccn1N2C.S.S. The van der Waals surface area contributed by atoms with Crippen LogP contribution in [0.4, 0.5) is 0 Å². The molecule has 4 aliphatic rings. The van der Waals surface area contributed by atoms with E-state index in [0.717, 1.165) is 0 Å². The number of nitrogens with one attached hydrogen (secondary N) is 2. The van der Waals surface area contributed by atoms with Crippen LogP contribution in [0.1, 0.15) is 87.2 Å². The van der Waals surface area contributed by atoms with Crippen LogP contribution in [-0.4, -0.2) is 123 Å². The van der Waals surface area contributed by atoms with Crippen molar-refractivity contribution >= 4 is 68.5 Å². The van der Waals surface area contributed by atoms with Gasteiger partial charge in [0.1, 0.15) is 0 Å². The molecule has 0 bridgehead atoms. The van der Waals surface area contributed by atoms with Gasteiger partial charge in [0, 0.05) is 0 Å². The zero-order valence-corrected chi connectivity index (χ0v) is 39.0. The van der Waals surface area contributed by atoms with Crippen molar-refractivity contribution in [2.45, 2.75) is 88.9 Å². The van der Waals surface area contributed by atoms with Crippen molar-refractivity contribution in [3.05, 3.63) is 56.4 Å². The molecule has 2 aromatic rings. The number of amides is 2. The number of rotatable bonds is 14. The topological polar surface area (TPSA) is 228 Å². The van der Waals surface area contributed by atoms with Gasteiger partial charge in [0.2, 0.25) is 0 Å². The number of pyridine rings is 2. The summed E-state index contributed by atoms with van der Waals surface area (Å²) in [6.07, 6.45) is 6.08. The molecule has 4 atom stereocenters. The van der Waals surface area contributed by atoms with Gasteiger partial charge in [0.25, 0.3) is 0 Å². The molecule has 2 fully saturated rings. The fourth-order valence-electron chi connectivity index (χ4n) is 8.70. The van der Waals surface area contributed by atoms with Crippen molar-refractivity contribution in [3.63, 3.8) is 0 Å². The van der Waals surface area contributed by atoms with Gasteiger partial charge < -0.3 is 0 Å². The molecule has 2 aliphatic heterocycles. The third-order valence-electron chi connectivity index (χ3n) is 11.5. The quantitative estimate of drug-likeness (QED) is 0.203. The first kappa shape index (κ1) is 51.1. The van der Waals surface area contributed by atoms with Crippen LogP contribution in [0.3, 0.4) is 0 Å². The van der Waals surface area contributed by atoms with E-state index in [4.69, 9.17) is 38.0 Å². The van der Waals surface area contributed by atoms with E-state index in [-0.39, 0.29) is 87.6 Å². The van der Waals surface area contributed by atoms with Gasteiger partial charge in [0.15, 0.2) is 0 Å². The molecule has 20 nitrogen and oxygen atoms in total. The summed E-state index contributed by atoms with van der Waals surface area (Å²) in [6, 6.07) is 2.59. The Morgan fingerprint density at radius 2 is 0.950 bits per heavy atom. The number of carbonyl (C=O) groups is 2. The molecule has 2 aliphatic carbocycles. The summed E-state index contributed by atoms with van der Waals surface area (Å²) in [4.78, 5) is 53.9. The third kappa shape index (κ3) is 8.72. The van der Waals surface area contributed by atoms with Crippen LogP contribution >= 0.6 is 42.2 Å². The van der Waals surface area contributed by atoms with E-state index in [0.29, 0.717) is 53.1 Å². The van der Waals surface area contributed by atoms with Crippen molar-refractivity contribution in [1.29, 1.82) is 10.6 Å². The number of hydrogen-bond acceptors (Lipinski definition) is 16. The first-order valence-corrected chi connectivity index (χ1v) is 22.4.